The first-order valence-electron chi connectivity index (χ1n) is 9.06. The molecular weight excluding hydrogens is 380 g/mol. The standard InChI is InChI=1S/C18H28N6O3S/c1-5-24(6-2)28(25,26)15-9-7-14(8-10-15)23-18-16(19)17(20-12-21-18)22-13(3)11-27-4/h7-10,12-13H,5-6,11,19H2,1-4H3,(H2,20,21,22,23). The van der Waals surface area contributed by atoms with Gasteiger partial charge in [0.25, 0.3) is 0 Å². The third-order valence-electron chi connectivity index (χ3n) is 4.14. The zero-order valence-electron chi connectivity index (χ0n) is 16.6. The largest absolute Gasteiger partial charge is 0.393 e. The van der Waals surface area contributed by atoms with E-state index in [0.29, 0.717) is 42.7 Å². The van der Waals surface area contributed by atoms with Crippen LogP contribution in [0.1, 0.15) is 20.8 Å². The number of anilines is 4. The highest BCUT2D eigenvalue weighted by atomic mass is 32.2. The minimum absolute atomic E-state index is 0.0274. The molecule has 4 N–H and O–H groups in total. The second-order valence-electron chi connectivity index (χ2n) is 6.22. The fraction of sp³-hybridized carbons (Fsp3) is 0.444. The number of sulfonamides is 1. The molecule has 2 aromatic rings. The Labute approximate surface area is 166 Å². The zero-order chi connectivity index (χ0) is 20.7. The lowest BCUT2D eigenvalue weighted by Crippen LogP contribution is -2.30. The molecule has 1 aromatic heterocycles. The van der Waals surface area contributed by atoms with E-state index in [9.17, 15) is 8.42 Å². The molecule has 0 spiro atoms. The first kappa shape index (κ1) is 21.9. The first-order chi connectivity index (χ1) is 13.3. The van der Waals surface area contributed by atoms with Crippen LogP contribution < -0.4 is 16.4 Å². The summed E-state index contributed by atoms with van der Waals surface area (Å²) in [7, 11) is -1.87. The van der Waals surface area contributed by atoms with Gasteiger partial charge in [-0.05, 0) is 31.2 Å². The monoisotopic (exact) mass is 408 g/mol. The van der Waals surface area contributed by atoms with E-state index >= 15 is 0 Å². The maximum Gasteiger partial charge on any atom is 0.243 e. The Kier molecular flexibility index (Phi) is 7.55. The predicted molar refractivity (Wildman–Crippen MR) is 111 cm³/mol. The molecule has 0 aliphatic carbocycles. The number of nitrogens with two attached hydrogens (primary N) is 1. The Bertz CT molecular complexity index is 869. The number of ether oxygens (including phenoxy) is 1. The van der Waals surface area contributed by atoms with Gasteiger partial charge in [0.1, 0.15) is 12.0 Å². The Morgan fingerprint density at radius 2 is 1.75 bits per heavy atom. The molecule has 2 rings (SSSR count). The Balaban J connectivity index is 2.19. The summed E-state index contributed by atoms with van der Waals surface area (Å²) in [6, 6.07) is 6.51. The molecule has 9 nitrogen and oxygen atoms in total. The summed E-state index contributed by atoms with van der Waals surface area (Å²) >= 11 is 0. The van der Waals surface area contributed by atoms with Crippen LogP contribution in [0.25, 0.3) is 0 Å². The number of methoxy groups -OCH3 is 1. The van der Waals surface area contributed by atoms with E-state index in [4.69, 9.17) is 10.5 Å². The molecular formula is C18H28N6O3S. The van der Waals surface area contributed by atoms with Gasteiger partial charge in [-0.1, -0.05) is 13.8 Å². The van der Waals surface area contributed by atoms with E-state index in [-0.39, 0.29) is 10.9 Å². The lowest BCUT2D eigenvalue weighted by atomic mass is 10.3. The summed E-state index contributed by atoms with van der Waals surface area (Å²) in [4.78, 5) is 8.57. The molecule has 0 bridgehead atoms. The van der Waals surface area contributed by atoms with Crippen LogP contribution in [0.15, 0.2) is 35.5 Å². The molecule has 0 saturated carbocycles. The van der Waals surface area contributed by atoms with Crippen LogP contribution >= 0.6 is 0 Å². The van der Waals surface area contributed by atoms with Crippen molar-refractivity contribution in [1.29, 1.82) is 0 Å². The molecule has 0 saturated heterocycles. The van der Waals surface area contributed by atoms with Crippen molar-refractivity contribution in [3.8, 4) is 0 Å². The molecule has 1 unspecified atom stereocenters. The number of rotatable bonds is 10. The molecule has 154 valence electrons. The van der Waals surface area contributed by atoms with Crippen LogP contribution in [0, 0.1) is 0 Å². The van der Waals surface area contributed by atoms with Gasteiger partial charge in [0, 0.05) is 31.9 Å². The number of nitrogens with zero attached hydrogens (tertiary/aromatic N) is 3. The van der Waals surface area contributed by atoms with Crippen LogP contribution in [0.2, 0.25) is 0 Å². The van der Waals surface area contributed by atoms with E-state index in [2.05, 4.69) is 20.6 Å². The average Bonchev–Trinajstić information content (AvgIpc) is 2.66. The molecule has 0 radical (unpaired) electrons. The fourth-order valence-electron chi connectivity index (χ4n) is 2.69. The summed E-state index contributed by atoms with van der Waals surface area (Å²) in [6.07, 6.45) is 1.40. The van der Waals surface area contributed by atoms with Crippen molar-refractivity contribution in [2.45, 2.75) is 31.7 Å². The third-order valence-corrected chi connectivity index (χ3v) is 6.21. The summed E-state index contributed by atoms with van der Waals surface area (Å²) in [5.74, 6) is 0.934. The molecule has 0 aliphatic heterocycles. The summed E-state index contributed by atoms with van der Waals surface area (Å²) in [5, 5.41) is 6.26. The molecule has 1 aromatic carbocycles. The van der Waals surface area contributed by atoms with E-state index in [1.165, 1.54) is 10.6 Å². The number of hydrogen-bond donors (Lipinski definition) is 3. The Morgan fingerprint density at radius 3 is 2.32 bits per heavy atom. The van der Waals surface area contributed by atoms with Gasteiger partial charge < -0.3 is 21.1 Å². The highest BCUT2D eigenvalue weighted by molar-refractivity contribution is 7.89. The van der Waals surface area contributed by atoms with Crippen LogP contribution in [-0.4, -0.2) is 55.5 Å². The van der Waals surface area contributed by atoms with Crippen molar-refractivity contribution in [3.05, 3.63) is 30.6 Å². The third kappa shape index (κ3) is 5.09. The van der Waals surface area contributed by atoms with Crippen LogP contribution in [0.5, 0.6) is 0 Å². The van der Waals surface area contributed by atoms with Crippen molar-refractivity contribution < 1.29 is 13.2 Å². The SMILES string of the molecule is CCN(CC)S(=O)(=O)c1ccc(Nc2ncnc(NC(C)COC)c2N)cc1. The van der Waals surface area contributed by atoms with Crippen molar-refractivity contribution >= 4 is 33.0 Å². The molecule has 1 atom stereocenters. The highest BCUT2D eigenvalue weighted by Crippen LogP contribution is 2.27. The molecule has 1 heterocycles. The highest BCUT2D eigenvalue weighted by Gasteiger charge is 2.21. The number of benzene rings is 1. The normalized spacial score (nSPS) is 12.8. The van der Waals surface area contributed by atoms with Gasteiger partial charge >= 0.3 is 0 Å². The van der Waals surface area contributed by atoms with Crippen LogP contribution in [-0.2, 0) is 14.8 Å². The lowest BCUT2D eigenvalue weighted by molar-refractivity contribution is 0.190. The van der Waals surface area contributed by atoms with Crippen molar-refractivity contribution in [2.24, 2.45) is 0 Å². The number of hydrogen-bond acceptors (Lipinski definition) is 8. The van der Waals surface area contributed by atoms with Crippen molar-refractivity contribution in [3.63, 3.8) is 0 Å². The quantitative estimate of drug-likeness (QED) is 0.547. The van der Waals surface area contributed by atoms with Gasteiger partial charge in [0.05, 0.1) is 11.5 Å². The molecule has 28 heavy (non-hydrogen) atoms. The van der Waals surface area contributed by atoms with Gasteiger partial charge in [-0.15, -0.1) is 0 Å². The number of nitrogens with one attached hydrogen (secondary N) is 2. The number of aromatic nitrogens is 2. The summed E-state index contributed by atoms with van der Waals surface area (Å²) < 4.78 is 31.6. The maximum atomic E-state index is 12.6. The Hall–Kier alpha value is -2.43. The van der Waals surface area contributed by atoms with Crippen molar-refractivity contribution in [1.82, 2.24) is 14.3 Å². The minimum Gasteiger partial charge on any atom is -0.393 e. The molecule has 0 fully saturated rings. The molecule has 10 heteroatoms. The number of nitrogen functional groups attached to an aromatic ring is 1. The smallest absolute Gasteiger partial charge is 0.243 e. The van der Waals surface area contributed by atoms with Gasteiger partial charge in [-0.3, -0.25) is 0 Å². The van der Waals surface area contributed by atoms with E-state index < -0.39 is 10.0 Å². The zero-order valence-corrected chi connectivity index (χ0v) is 17.5. The van der Waals surface area contributed by atoms with Gasteiger partial charge in [0.15, 0.2) is 11.6 Å². The topological polar surface area (TPSA) is 122 Å². The molecule has 0 amide bonds. The fourth-order valence-corrected chi connectivity index (χ4v) is 4.15. The summed E-state index contributed by atoms with van der Waals surface area (Å²) in [5.41, 5.74) is 7.19. The van der Waals surface area contributed by atoms with E-state index in [1.807, 2.05) is 20.8 Å². The molecule has 0 aliphatic rings. The lowest BCUT2D eigenvalue weighted by Gasteiger charge is -2.19. The maximum absolute atomic E-state index is 12.6. The van der Waals surface area contributed by atoms with Crippen LogP contribution in [0.3, 0.4) is 0 Å². The predicted octanol–water partition coefficient (Wildman–Crippen LogP) is 2.28. The van der Waals surface area contributed by atoms with Crippen LogP contribution in [0.4, 0.5) is 23.0 Å². The van der Waals surface area contributed by atoms with E-state index in [1.54, 1.807) is 31.4 Å². The Morgan fingerprint density at radius 1 is 1.14 bits per heavy atom. The second-order valence-corrected chi connectivity index (χ2v) is 8.16. The van der Waals surface area contributed by atoms with Crippen molar-refractivity contribution in [2.75, 3.05) is 43.2 Å². The van der Waals surface area contributed by atoms with Gasteiger partial charge in [0.2, 0.25) is 10.0 Å². The minimum atomic E-state index is -3.49. The average molecular weight is 409 g/mol. The summed E-state index contributed by atoms with van der Waals surface area (Å²) in [6.45, 7) is 6.94. The first-order valence-corrected chi connectivity index (χ1v) is 10.5. The van der Waals surface area contributed by atoms with Gasteiger partial charge in [-0.2, -0.15) is 4.31 Å². The van der Waals surface area contributed by atoms with Gasteiger partial charge in [-0.25, -0.2) is 18.4 Å². The second kappa shape index (κ2) is 9.67. The van der Waals surface area contributed by atoms with E-state index in [0.717, 1.165) is 0 Å².